The van der Waals surface area contributed by atoms with Crippen molar-refractivity contribution in [3.05, 3.63) is 29.8 Å². The highest BCUT2D eigenvalue weighted by Crippen LogP contribution is 2.27. The highest BCUT2D eigenvalue weighted by molar-refractivity contribution is 5.95. The Kier molecular flexibility index (Phi) is 7.66. The van der Waals surface area contributed by atoms with Gasteiger partial charge >= 0.3 is 0 Å². The number of nitrogens with one attached hydrogen (secondary N) is 2. The molecule has 2 amide bonds. The lowest BCUT2D eigenvalue weighted by Crippen LogP contribution is -2.44. The van der Waals surface area contributed by atoms with Gasteiger partial charge in [-0.2, -0.15) is 0 Å². The molecule has 0 aliphatic rings. The highest BCUT2D eigenvalue weighted by Gasteiger charge is 2.13. The van der Waals surface area contributed by atoms with Crippen molar-refractivity contribution in [3.8, 4) is 11.5 Å². The minimum Gasteiger partial charge on any atom is -0.493 e. The van der Waals surface area contributed by atoms with Crippen LogP contribution in [0.4, 0.5) is 0 Å². The van der Waals surface area contributed by atoms with E-state index < -0.39 is 6.04 Å². The van der Waals surface area contributed by atoms with Gasteiger partial charge in [-0.3, -0.25) is 9.59 Å². The number of carbonyl (C=O) groups is 2. The zero-order valence-corrected chi connectivity index (χ0v) is 14.0. The first kappa shape index (κ1) is 18.5. The van der Waals surface area contributed by atoms with Crippen LogP contribution in [0.25, 0.3) is 6.08 Å². The molecule has 126 valence electrons. The Morgan fingerprint density at radius 1 is 1.22 bits per heavy atom. The van der Waals surface area contributed by atoms with Gasteiger partial charge in [0.25, 0.3) is 0 Å². The molecule has 1 aromatic rings. The summed E-state index contributed by atoms with van der Waals surface area (Å²) in [6.45, 7) is 4.21. The Hall–Kier alpha value is -2.50. The quantitative estimate of drug-likeness (QED) is 0.716. The SMILES string of the molecule is CCCNC(=O)C(C)NC(=O)/C=C/c1ccc(OC)c(OC)c1. The molecule has 0 spiro atoms. The van der Waals surface area contributed by atoms with E-state index in [9.17, 15) is 9.59 Å². The van der Waals surface area contributed by atoms with Crippen LogP contribution in [0.2, 0.25) is 0 Å². The van der Waals surface area contributed by atoms with E-state index in [0.717, 1.165) is 12.0 Å². The molecular weight excluding hydrogens is 296 g/mol. The Morgan fingerprint density at radius 3 is 2.52 bits per heavy atom. The average molecular weight is 320 g/mol. The average Bonchev–Trinajstić information content (AvgIpc) is 2.57. The van der Waals surface area contributed by atoms with Crippen LogP contribution in [0.1, 0.15) is 25.8 Å². The number of rotatable bonds is 8. The van der Waals surface area contributed by atoms with Crippen LogP contribution < -0.4 is 20.1 Å². The molecule has 0 bridgehead atoms. The number of benzene rings is 1. The van der Waals surface area contributed by atoms with E-state index in [1.54, 1.807) is 39.4 Å². The van der Waals surface area contributed by atoms with Gasteiger partial charge in [-0.25, -0.2) is 0 Å². The third kappa shape index (κ3) is 6.02. The van der Waals surface area contributed by atoms with Crippen LogP contribution in [-0.4, -0.2) is 38.6 Å². The minimum absolute atomic E-state index is 0.195. The fourth-order valence-electron chi connectivity index (χ4n) is 1.86. The largest absolute Gasteiger partial charge is 0.493 e. The van der Waals surface area contributed by atoms with Crippen LogP contribution in [0.15, 0.2) is 24.3 Å². The summed E-state index contributed by atoms with van der Waals surface area (Å²) in [5, 5.41) is 5.35. The first-order chi connectivity index (χ1) is 11.0. The molecule has 0 aliphatic heterocycles. The molecule has 0 radical (unpaired) electrons. The van der Waals surface area contributed by atoms with Crippen molar-refractivity contribution in [2.24, 2.45) is 0 Å². The molecule has 0 aliphatic carbocycles. The topological polar surface area (TPSA) is 76.7 Å². The van der Waals surface area contributed by atoms with E-state index >= 15 is 0 Å². The summed E-state index contributed by atoms with van der Waals surface area (Å²) in [6.07, 6.45) is 3.88. The van der Waals surface area contributed by atoms with Crippen molar-refractivity contribution in [1.82, 2.24) is 10.6 Å². The van der Waals surface area contributed by atoms with Crippen molar-refractivity contribution >= 4 is 17.9 Å². The molecule has 1 rings (SSSR count). The molecule has 6 nitrogen and oxygen atoms in total. The van der Waals surface area contributed by atoms with E-state index in [4.69, 9.17) is 9.47 Å². The molecule has 0 fully saturated rings. The van der Waals surface area contributed by atoms with Gasteiger partial charge in [-0.1, -0.05) is 13.0 Å². The molecule has 6 heteroatoms. The molecule has 1 atom stereocenters. The lowest BCUT2D eigenvalue weighted by Gasteiger charge is -2.12. The second-order valence-corrected chi connectivity index (χ2v) is 4.97. The normalized spacial score (nSPS) is 11.8. The maximum absolute atomic E-state index is 11.8. The van der Waals surface area contributed by atoms with E-state index in [0.29, 0.717) is 18.0 Å². The van der Waals surface area contributed by atoms with E-state index in [1.807, 2.05) is 13.0 Å². The summed E-state index contributed by atoms with van der Waals surface area (Å²) in [6, 6.07) is 4.75. The monoisotopic (exact) mass is 320 g/mol. The van der Waals surface area contributed by atoms with Gasteiger partial charge in [0, 0.05) is 12.6 Å². The smallest absolute Gasteiger partial charge is 0.244 e. The first-order valence-electron chi connectivity index (χ1n) is 7.50. The third-order valence-corrected chi connectivity index (χ3v) is 3.14. The number of hydrogen-bond acceptors (Lipinski definition) is 4. The molecule has 1 aromatic carbocycles. The van der Waals surface area contributed by atoms with E-state index in [1.165, 1.54) is 6.08 Å². The Bertz CT molecular complexity index is 570. The second-order valence-electron chi connectivity index (χ2n) is 4.97. The molecular formula is C17H24N2O4. The van der Waals surface area contributed by atoms with Crippen molar-refractivity contribution in [2.45, 2.75) is 26.3 Å². The van der Waals surface area contributed by atoms with E-state index in [2.05, 4.69) is 10.6 Å². The minimum atomic E-state index is -0.580. The fraction of sp³-hybridized carbons (Fsp3) is 0.412. The van der Waals surface area contributed by atoms with Gasteiger partial charge < -0.3 is 20.1 Å². The Labute approximate surface area is 136 Å². The molecule has 1 unspecified atom stereocenters. The zero-order valence-electron chi connectivity index (χ0n) is 14.0. The second kappa shape index (κ2) is 9.50. The summed E-state index contributed by atoms with van der Waals surface area (Å²) in [4.78, 5) is 23.5. The first-order valence-corrected chi connectivity index (χ1v) is 7.50. The summed E-state index contributed by atoms with van der Waals surface area (Å²) in [7, 11) is 3.11. The molecule has 0 heterocycles. The number of ether oxygens (including phenoxy) is 2. The molecule has 0 saturated heterocycles. The fourth-order valence-corrected chi connectivity index (χ4v) is 1.86. The van der Waals surface area contributed by atoms with Crippen molar-refractivity contribution in [2.75, 3.05) is 20.8 Å². The van der Waals surface area contributed by atoms with Crippen LogP contribution in [0, 0.1) is 0 Å². The van der Waals surface area contributed by atoms with Crippen LogP contribution in [0.3, 0.4) is 0 Å². The van der Waals surface area contributed by atoms with Gasteiger partial charge in [0.15, 0.2) is 11.5 Å². The van der Waals surface area contributed by atoms with Gasteiger partial charge in [-0.15, -0.1) is 0 Å². The maximum atomic E-state index is 11.8. The van der Waals surface area contributed by atoms with Gasteiger partial charge in [0.05, 0.1) is 14.2 Å². The summed E-state index contributed by atoms with van der Waals surface area (Å²) >= 11 is 0. The maximum Gasteiger partial charge on any atom is 0.244 e. The summed E-state index contributed by atoms with van der Waals surface area (Å²) < 4.78 is 10.4. The number of amides is 2. The van der Waals surface area contributed by atoms with Gasteiger partial charge in [0.2, 0.25) is 11.8 Å². The van der Waals surface area contributed by atoms with E-state index in [-0.39, 0.29) is 11.8 Å². The summed E-state index contributed by atoms with van der Waals surface area (Å²) in [5.41, 5.74) is 0.792. The van der Waals surface area contributed by atoms with Crippen LogP contribution >= 0.6 is 0 Å². The van der Waals surface area contributed by atoms with Gasteiger partial charge in [-0.05, 0) is 37.1 Å². The third-order valence-electron chi connectivity index (χ3n) is 3.14. The molecule has 23 heavy (non-hydrogen) atoms. The molecule has 0 saturated carbocycles. The van der Waals surface area contributed by atoms with Crippen molar-refractivity contribution in [3.63, 3.8) is 0 Å². The van der Waals surface area contributed by atoms with Crippen molar-refractivity contribution in [1.29, 1.82) is 0 Å². The lowest BCUT2D eigenvalue weighted by molar-refractivity contribution is -0.126. The molecule has 2 N–H and O–H groups in total. The van der Waals surface area contributed by atoms with Crippen molar-refractivity contribution < 1.29 is 19.1 Å². The standard InChI is InChI=1S/C17H24N2O4/c1-5-10-18-17(21)12(2)19-16(20)9-7-13-6-8-14(22-3)15(11-13)23-4/h6-9,11-12H,5,10H2,1-4H3,(H,18,21)(H,19,20)/b9-7+. The highest BCUT2D eigenvalue weighted by atomic mass is 16.5. The number of carbonyl (C=O) groups excluding carboxylic acids is 2. The zero-order chi connectivity index (χ0) is 17.2. The predicted molar refractivity (Wildman–Crippen MR) is 89.5 cm³/mol. The lowest BCUT2D eigenvalue weighted by atomic mass is 10.2. The Balaban J connectivity index is 2.63. The van der Waals surface area contributed by atoms with Crippen LogP contribution in [-0.2, 0) is 9.59 Å². The molecule has 0 aromatic heterocycles. The number of methoxy groups -OCH3 is 2. The summed E-state index contributed by atoms with van der Waals surface area (Å²) in [5.74, 6) is 0.677. The predicted octanol–water partition coefficient (Wildman–Crippen LogP) is 1.75. The number of hydrogen-bond donors (Lipinski definition) is 2. The Morgan fingerprint density at radius 2 is 1.91 bits per heavy atom. The van der Waals surface area contributed by atoms with Crippen LogP contribution in [0.5, 0.6) is 11.5 Å². The van der Waals surface area contributed by atoms with Gasteiger partial charge in [0.1, 0.15) is 6.04 Å².